The van der Waals surface area contributed by atoms with Crippen LogP contribution >= 0.6 is 0 Å². The minimum Gasteiger partial charge on any atom is -0.358 e. The van der Waals surface area contributed by atoms with Crippen LogP contribution in [0.1, 0.15) is 19.3 Å². The Morgan fingerprint density at radius 2 is 2.13 bits per heavy atom. The van der Waals surface area contributed by atoms with E-state index in [9.17, 15) is 4.79 Å². The van der Waals surface area contributed by atoms with E-state index >= 15 is 0 Å². The highest BCUT2D eigenvalue weighted by molar-refractivity contribution is 5.77. The maximum atomic E-state index is 11.3. The molecule has 2 aliphatic heterocycles. The molecule has 2 heterocycles. The molecule has 0 atom stereocenters. The van der Waals surface area contributed by atoms with Gasteiger partial charge in [0, 0.05) is 13.6 Å². The van der Waals surface area contributed by atoms with E-state index in [0.29, 0.717) is 12.0 Å². The van der Waals surface area contributed by atoms with Crippen LogP contribution in [0, 0.1) is 5.41 Å². The number of nitrogens with zero attached hydrogens (tertiary/aromatic N) is 1. The summed E-state index contributed by atoms with van der Waals surface area (Å²) in [5.41, 5.74) is 0.513. The average Bonchev–Trinajstić information content (AvgIpc) is 2.62. The number of likely N-dealkylation sites (N-methyl/N-ethyl adjacent to an activating group) is 1. The van der Waals surface area contributed by atoms with Crippen LogP contribution in [-0.4, -0.2) is 50.6 Å². The van der Waals surface area contributed by atoms with Crippen molar-refractivity contribution in [3.05, 3.63) is 0 Å². The molecule has 4 heteroatoms. The number of hydrogen-bond acceptors (Lipinski definition) is 3. The van der Waals surface area contributed by atoms with E-state index in [1.54, 1.807) is 7.05 Å². The molecule has 0 aromatic heterocycles. The summed E-state index contributed by atoms with van der Waals surface area (Å²) < 4.78 is 0. The second-order valence-electron chi connectivity index (χ2n) is 4.88. The molecule has 1 amide bonds. The van der Waals surface area contributed by atoms with Gasteiger partial charge in [-0.15, -0.1) is 0 Å². The zero-order chi connectivity index (χ0) is 10.7. The molecule has 15 heavy (non-hydrogen) atoms. The first-order chi connectivity index (χ1) is 7.24. The van der Waals surface area contributed by atoms with Gasteiger partial charge in [0.15, 0.2) is 0 Å². The van der Waals surface area contributed by atoms with Crippen molar-refractivity contribution in [3.8, 4) is 0 Å². The molecule has 0 radical (unpaired) electrons. The summed E-state index contributed by atoms with van der Waals surface area (Å²) in [6, 6.07) is 0. The SMILES string of the molecule is CNC(=O)CN1CCC2(CCNCC2)C1. The van der Waals surface area contributed by atoms with Crippen LogP contribution in [0.15, 0.2) is 0 Å². The van der Waals surface area contributed by atoms with Crippen molar-refractivity contribution >= 4 is 5.91 Å². The first-order valence-electron chi connectivity index (χ1n) is 5.88. The molecule has 86 valence electrons. The zero-order valence-electron chi connectivity index (χ0n) is 9.51. The summed E-state index contributed by atoms with van der Waals surface area (Å²) >= 11 is 0. The number of piperidine rings is 1. The van der Waals surface area contributed by atoms with E-state index < -0.39 is 0 Å². The Labute approximate surface area is 91.4 Å². The van der Waals surface area contributed by atoms with Gasteiger partial charge in [0.1, 0.15) is 0 Å². The summed E-state index contributed by atoms with van der Waals surface area (Å²) in [5.74, 6) is 0.140. The lowest BCUT2D eigenvalue weighted by molar-refractivity contribution is -0.121. The number of nitrogens with one attached hydrogen (secondary N) is 2. The smallest absolute Gasteiger partial charge is 0.233 e. The molecule has 0 aromatic carbocycles. The number of carbonyl (C=O) groups is 1. The second kappa shape index (κ2) is 4.49. The fourth-order valence-electron chi connectivity index (χ4n) is 2.81. The molecule has 2 saturated heterocycles. The van der Waals surface area contributed by atoms with E-state index in [4.69, 9.17) is 0 Å². The van der Waals surface area contributed by atoms with Crippen LogP contribution in [-0.2, 0) is 4.79 Å². The molecule has 0 aromatic rings. The Hall–Kier alpha value is -0.610. The Balaban J connectivity index is 1.85. The lowest BCUT2D eigenvalue weighted by atomic mass is 9.78. The monoisotopic (exact) mass is 211 g/mol. The molecule has 4 nitrogen and oxygen atoms in total. The number of likely N-dealkylation sites (tertiary alicyclic amines) is 1. The summed E-state index contributed by atoms with van der Waals surface area (Å²) in [4.78, 5) is 13.6. The van der Waals surface area contributed by atoms with E-state index in [1.807, 2.05) is 0 Å². The topological polar surface area (TPSA) is 44.4 Å². The number of rotatable bonds is 2. The number of carbonyl (C=O) groups excluding carboxylic acids is 1. The van der Waals surface area contributed by atoms with Crippen molar-refractivity contribution in [1.82, 2.24) is 15.5 Å². The maximum absolute atomic E-state index is 11.3. The van der Waals surface area contributed by atoms with Crippen molar-refractivity contribution in [3.63, 3.8) is 0 Å². The third-order valence-electron chi connectivity index (χ3n) is 3.83. The summed E-state index contributed by atoms with van der Waals surface area (Å²) in [6.45, 7) is 5.07. The van der Waals surface area contributed by atoms with Gasteiger partial charge in [-0.25, -0.2) is 0 Å². The maximum Gasteiger partial charge on any atom is 0.233 e. The van der Waals surface area contributed by atoms with Crippen LogP contribution in [0.25, 0.3) is 0 Å². The third kappa shape index (κ3) is 2.49. The van der Waals surface area contributed by atoms with Crippen LogP contribution in [0.3, 0.4) is 0 Å². The van der Waals surface area contributed by atoms with Crippen molar-refractivity contribution in [2.75, 3.05) is 39.8 Å². The van der Waals surface area contributed by atoms with Gasteiger partial charge in [-0.05, 0) is 44.3 Å². The van der Waals surface area contributed by atoms with E-state index in [-0.39, 0.29) is 5.91 Å². The van der Waals surface area contributed by atoms with E-state index in [0.717, 1.165) is 26.2 Å². The predicted octanol–water partition coefficient (Wildman–Crippen LogP) is -0.192. The fraction of sp³-hybridized carbons (Fsp3) is 0.909. The first kappa shape index (κ1) is 10.9. The largest absolute Gasteiger partial charge is 0.358 e. The molecular weight excluding hydrogens is 190 g/mol. The van der Waals surface area contributed by atoms with E-state index in [2.05, 4.69) is 15.5 Å². The lowest BCUT2D eigenvalue weighted by Crippen LogP contribution is -2.40. The number of hydrogen-bond donors (Lipinski definition) is 2. The highest BCUT2D eigenvalue weighted by Crippen LogP contribution is 2.38. The third-order valence-corrected chi connectivity index (χ3v) is 3.83. The quantitative estimate of drug-likeness (QED) is 0.665. The number of amides is 1. The molecule has 2 N–H and O–H groups in total. The Morgan fingerprint density at radius 3 is 2.80 bits per heavy atom. The molecular formula is C11H21N3O. The molecule has 2 rings (SSSR count). The normalized spacial score (nSPS) is 25.7. The van der Waals surface area contributed by atoms with Gasteiger partial charge in [0.05, 0.1) is 6.54 Å². The van der Waals surface area contributed by atoms with Gasteiger partial charge in [-0.2, -0.15) is 0 Å². The summed E-state index contributed by atoms with van der Waals surface area (Å²) in [7, 11) is 1.71. The van der Waals surface area contributed by atoms with Crippen LogP contribution < -0.4 is 10.6 Å². The Morgan fingerprint density at radius 1 is 1.40 bits per heavy atom. The molecule has 0 unspecified atom stereocenters. The van der Waals surface area contributed by atoms with Crippen molar-refractivity contribution < 1.29 is 4.79 Å². The van der Waals surface area contributed by atoms with Crippen molar-refractivity contribution in [2.24, 2.45) is 5.41 Å². The van der Waals surface area contributed by atoms with Crippen molar-refractivity contribution in [2.45, 2.75) is 19.3 Å². The zero-order valence-corrected chi connectivity index (χ0v) is 9.51. The molecule has 2 aliphatic rings. The second-order valence-corrected chi connectivity index (χ2v) is 4.88. The lowest BCUT2D eigenvalue weighted by Gasteiger charge is -2.33. The first-order valence-corrected chi connectivity index (χ1v) is 5.88. The standard InChI is InChI=1S/C11H21N3O/c1-12-10(15)8-14-7-4-11(9-14)2-5-13-6-3-11/h13H,2-9H2,1H3,(H,12,15). The van der Waals surface area contributed by atoms with Crippen LogP contribution in [0.5, 0.6) is 0 Å². The highest BCUT2D eigenvalue weighted by Gasteiger charge is 2.38. The minimum absolute atomic E-state index is 0.140. The minimum atomic E-state index is 0.140. The van der Waals surface area contributed by atoms with Crippen LogP contribution in [0.4, 0.5) is 0 Å². The predicted molar refractivity (Wildman–Crippen MR) is 59.7 cm³/mol. The molecule has 1 spiro atoms. The van der Waals surface area contributed by atoms with Crippen molar-refractivity contribution in [1.29, 1.82) is 0 Å². The van der Waals surface area contributed by atoms with Gasteiger partial charge in [0.2, 0.25) is 5.91 Å². The summed E-state index contributed by atoms with van der Waals surface area (Å²) in [5, 5.41) is 6.10. The molecule has 0 saturated carbocycles. The summed E-state index contributed by atoms with van der Waals surface area (Å²) in [6.07, 6.45) is 3.82. The van der Waals surface area contributed by atoms with E-state index in [1.165, 1.54) is 19.3 Å². The molecule has 0 bridgehead atoms. The molecule has 2 fully saturated rings. The average molecular weight is 211 g/mol. The van der Waals surface area contributed by atoms with Gasteiger partial charge in [-0.3, -0.25) is 9.69 Å². The molecule has 0 aliphatic carbocycles. The fourth-order valence-corrected chi connectivity index (χ4v) is 2.81. The van der Waals surface area contributed by atoms with Gasteiger partial charge in [0.25, 0.3) is 0 Å². The van der Waals surface area contributed by atoms with Crippen LogP contribution in [0.2, 0.25) is 0 Å². The Bertz CT molecular complexity index is 236. The van der Waals surface area contributed by atoms with Gasteiger partial charge >= 0.3 is 0 Å². The van der Waals surface area contributed by atoms with Gasteiger partial charge in [-0.1, -0.05) is 0 Å². The highest BCUT2D eigenvalue weighted by atomic mass is 16.1. The van der Waals surface area contributed by atoms with Gasteiger partial charge < -0.3 is 10.6 Å². The Kier molecular flexibility index (Phi) is 3.26.